The van der Waals surface area contributed by atoms with E-state index in [1.165, 1.54) is 0 Å². The lowest BCUT2D eigenvalue weighted by Gasteiger charge is -2.39. The van der Waals surface area contributed by atoms with Gasteiger partial charge in [-0.25, -0.2) is 0 Å². The predicted molar refractivity (Wildman–Crippen MR) is 128 cm³/mol. The van der Waals surface area contributed by atoms with E-state index < -0.39 is 0 Å². The van der Waals surface area contributed by atoms with Gasteiger partial charge in [0.1, 0.15) is 5.75 Å². The molecular formula is C21H35IN4O3. The normalized spacial score (nSPS) is 19.5. The molecule has 0 unspecified atom stereocenters. The molecule has 3 rings (SSSR count). The van der Waals surface area contributed by atoms with Crippen LogP contribution in [0.1, 0.15) is 19.8 Å². The zero-order valence-electron chi connectivity index (χ0n) is 17.9. The van der Waals surface area contributed by atoms with E-state index in [1.807, 2.05) is 12.1 Å². The first-order chi connectivity index (χ1) is 13.7. The summed E-state index contributed by atoms with van der Waals surface area (Å²) in [5.74, 6) is 1.91. The Morgan fingerprint density at radius 2 is 1.83 bits per heavy atom. The molecule has 8 heteroatoms. The van der Waals surface area contributed by atoms with Crippen LogP contribution in [-0.2, 0) is 9.47 Å². The molecule has 2 aliphatic heterocycles. The van der Waals surface area contributed by atoms with Gasteiger partial charge in [-0.3, -0.25) is 4.99 Å². The third-order valence-electron chi connectivity index (χ3n) is 5.69. The van der Waals surface area contributed by atoms with Gasteiger partial charge in [-0.15, -0.1) is 24.0 Å². The van der Waals surface area contributed by atoms with Gasteiger partial charge in [-0.1, -0.05) is 12.1 Å². The van der Waals surface area contributed by atoms with Gasteiger partial charge in [0, 0.05) is 65.9 Å². The number of piperazine rings is 1. The number of nitrogens with one attached hydrogen (secondary N) is 1. The third kappa shape index (κ3) is 6.11. The van der Waals surface area contributed by atoms with Crippen molar-refractivity contribution in [3.63, 3.8) is 0 Å². The van der Waals surface area contributed by atoms with E-state index in [-0.39, 0.29) is 29.6 Å². The van der Waals surface area contributed by atoms with Gasteiger partial charge in [-0.05, 0) is 19.1 Å². The van der Waals surface area contributed by atoms with Crippen LogP contribution in [-0.4, -0.2) is 83.2 Å². The first kappa shape index (κ1) is 24.0. The Balaban J connectivity index is 0.00000300. The molecule has 164 valence electrons. The molecule has 29 heavy (non-hydrogen) atoms. The van der Waals surface area contributed by atoms with Crippen molar-refractivity contribution in [2.24, 2.45) is 4.99 Å². The number of benzene rings is 1. The quantitative estimate of drug-likeness (QED) is 0.355. The van der Waals surface area contributed by atoms with Gasteiger partial charge in [0.15, 0.2) is 5.96 Å². The van der Waals surface area contributed by atoms with Crippen LogP contribution in [0.3, 0.4) is 0 Å². The summed E-state index contributed by atoms with van der Waals surface area (Å²) in [4.78, 5) is 9.67. The maximum absolute atomic E-state index is 5.84. The molecule has 7 nitrogen and oxygen atoms in total. The summed E-state index contributed by atoms with van der Waals surface area (Å²) in [6, 6.07) is 8.22. The Morgan fingerprint density at radius 1 is 1.14 bits per heavy atom. The molecule has 0 aromatic heterocycles. The number of ether oxygens (including phenoxy) is 3. The minimum atomic E-state index is -0.196. The SMILES string of the molecule is CCNC(=NCC1(OC)CCOCC1)N1CCN(c2ccccc2OC)CC1.I. The van der Waals surface area contributed by atoms with Crippen LogP contribution in [0.5, 0.6) is 5.75 Å². The van der Waals surface area contributed by atoms with Gasteiger partial charge in [-0.2, -0.15) is 0 Å². The second-order valence-corrected chi connectivity index (χ2v) is 7.32. The first-order valence-corrected chi connectivity index (χ1v) is 10.3. The molecule has 1 aromatic rings. The molecule has 0 radical (unpaired) electrons. The summed E-state index contributed by atoms with van der Waals surface area (Å²) in [6.07, 6.45) is 1.79. The number of nitrogens with zero attached hydrogens (tertiary/aromatic N) is 3. The number of hydrogen-bond donors (Lipinski definition) is 1. The fourth-order valence-corrected chi connectivity index (χ4v) is 3.87. The van der Waals surface area contributed by atoms with E-state index in [9.17, 15) is 0 Å². The van der Waals surface area contributed by atoms with E-state index in [4.69, 9.17) is 19.2 Å². The maximum Gasteiger partial charge on any atom is 0.194 e. The highest BCUT2D eigenvalue weighted by Crippen LogP contribution is 2.28. The number of anilines is 1. The van der Waals surface area contributed by atoms with Crippen LogP contribution < -0.4 is 15.0 Å². The number of para-hydroxylation sites is 2. The highest BCUT2D eigenvalue weighted by molar-refractivity contribution is 14.0. The second kappa shape index (κ2) is 11.8. The first-order valence-electron chi connectivity index (χ1n) is 10.3. The Labute approximate surface area is 191 Å². The molecule has 1 N–H and O–H groups in total. The van der Waals surface area contributed by atoms with Gasteiger partial charge in [0.2, 0.25) is 0 Å². The number of hydrogen-bond acceptors (Lipinski definition) is 5. The van der Waals surface area contributed by atoms with Crippen molar-refractivity contribution in [1.29, 1.82) is 0 Å². The second-order valence-electron chi connectivity index (χ2n) is 7.32. The number of guanidine groups is 1. The summed E-state index contributed by atoms with van der Waals surface area (Å²) in [6.45, 7) is 8.86. The summed E-state index contributed by atoms with van der Waals surface area (Å²) in [5, 5.41) is 3.46. The molecule has 0 aliphatic carbocycles. The topological polar surface area (TPSA) is 58.6 Å². The molecule has 1 aromatic carbocycles. The molecule has 0 amide bonds. The van der Waals surface area contributed by atoms with Gasteiger partial charge in [0.25, 0.3) is 0 Å². The van der Waals surface area contributed by atoms with Gasteiger partial charge < -0.3 is 29.3 Å². The molecule has 2 heterocycles. The molecular weight excluding hydrogens is 483 g/mol. The number of halogens is 1. The lowest BCUT2D eigenvalue weighted by molar-refractivity contribution is -0.0829. The van der Waals surface area contributed by atoms with E-state index in [1.54, 1.807) is 14.2 Å². The standard InChI is InChI=1S/C21H34N4O3.HI/c1-4-22-20(23-17-21(27-3)9-15-28-16-10-21)25-13-11-24(12-14-25)18-7-5-6-8-19(18)26-2;/h5-8H,4,9-17H2,1-3H3,(H,22,23);1H. The molecule has 2 aliphatic rings. The van der Waals surface area contributed by atoms with E-state index >= 15 is 0 Å². The maximum atomic E-state index is 5.84. The van der Waals surface area contributed by atoms with Crippen molar-refractivity contribution < 1.29 is 14.2 Å². The van der Waals surface area contributed by atoms with Gasteiger partial charge >= 0.3 is 0 Å². The summed E-state index contributed by atoms with van der Waals surface area (Å²) >= 11 is 0. The van der Waals surface area contributed by atoms with Crippen molar-refractivity contribution in [2.45, 2.75) is 25.4 Å². The predicted octanol–water partition coefficient (Wildman–Crippen LogP) is 2.60. The van der Waals surface area contributed by atoms with Crippen molar-refractivity contribution in [3.8, 4) is 5.75 Å². The van der Waals surface area contributed by atoms with Crippen LogP contribution in [0.15, 0.2) is 29.3 Å². The number of aliphatic imine (C=N–C) groups is 1. The average Bonchev–Trinajstić information content (AvgIpc) is 2.77. The van der Waals surface area contributed by atoms with Crippen molar-refractivity contribution in [2.75, 3.05) is 71.6 Å². The monoisotopic (exact) mass is 518 g/mol. The minimum absolute atomic E-state index is 0. The Hall–Kier alpha value is -1.26. The highest BCUT2D eigenvalue weighted by atomic mass is 127. The van der Waals surface area contributed by atoms with Crippen LogP contribution in [0.4, 0.5) is 5.69 Å². The summed E-state index contributed by atoms with van der Waals surface area (Å²) in [5.41, 5.74) is 0.963. The average molecular weight is 518 g/mol. The van der Waals surface area contributed by atoms with Crippen LogP contribution >= 0.6 is 24.0 Å². The Bertz CT molecular complexity index is 645. The zero-order valence-corrected chi connectivity index (χ0v) is 20.2. The largest absolute Gasteiger partial charge is 0.495 e. The molecule has 2 saturated heterocycles. The summed E-state index contributed by atoms with van der Waals surface area (Å²) in [7, 11) is 3.52. The lowest BCUT2D eigenvalue weighted by atomic mass is 9.94. The Morgan fingerprint density at radius 3 is 2.45 bits per heavy atom. The van der Waals surface area contributed by atoms with Crippen LogP contribution in [0.25, 0.3) is 0 Å². The van der Waals surface area contributed by atoms with Crippen LogP contribution in [0, 0.1) is 0 Å². The Kier molecular flexibility index (Phi) is 9.78. The molecule has 0 bridgehead atoms. The zero-order chi connectivity index (χ0) is 19.8. The van der Waals surface area contributed by atoms with Gasteiger partial charge in [0.05, 0.1) is 24.9 Å². The minimum Gasteiger partial charge on any atom is -0.495 e. The number of rotatable bonds is 6. The van der Waals surface area contributed by atoms with E-state index in [2.05, 4.69) is 34.2 Å². The fraction of sp³-hybridized carbons (Fsp3) is 0.667. The summed E-state index contributed by atoms with van der Waals surface area (Å²) < 4.78 is 16.9. The molecule has 0 atom stereocenters. The third-order valence-corrected chi connectivity index (χ3v) is 5.69. The van der Waals surface area contributed by atoms with Crippen LogP contribution in [0.2, 0.25) is 0 Å². The van der Waals surface area contributed by atoms with Crippen molar-refractivity contribution in [3.05, 3.63) is 24.3 Å². The highest BCUT2D eigenvalue weighted by Gasteiger charge is 2.33. The molecule has 0 spiro atoms. The smallest absolute Gasteiger partial charge is 0.194 e. The van der Waals surface area contributed by atoms with Crippen molar-refractivity contribution in [1.82, 2.24) is 10.2 Å². The molecule has 0 saturated carbocycles. The fourth-order valence-electron chi connectivity index (χ4n) is 3.87. The van der Waals surface area contributed by atoms with E-state index in [0.29, 0.717) is 6.54 Å². The molecule has 2 fully saturated rings. The number of methoxy groups -OCH3 is 2. The van der Waals surface area contributed by atoms with E-state index in [0.717, 1.165) is 76.2 Å². The lowest BCUT2D eigenvalue weighted by Crippen LogP contribution is -2.53. The van der Waals surface area contributed by atoms with Crippen molar-refractivity contribution >= 4 is 35.6 Å².